The van der Waals surface area contributed by atoms with Crippen molar-refractivity contribution in [3.05, 3.63) is 18.2 Å². The number of imidazole rings is 1. The standard InChI is InChI=1S/C8H13N3O/c1-6(12)8(9-2)3-7-4-10-5-11-7/h4-5,8-9H,3H2,1-2H3,(H,10,11). The quantitative estimate of drug-likeness (QED) is 0.670. The van der Waals surface area contributed by atoms with E-state index in [0.717, 1.165) is 5.69 Å². The monoisotopic (exact) mass is 167 g/mol. The van der Waals surface area contributed by atoms with Crippen molar-refractivity contribution >= 4 is 5.78 Å². The molecule has 1 unspecified atom stereocenters. The molecule has 4 nitrogen and oxygen atoms in total. The predicted molar refractivity (Wildman–Crippen MR) is 45.8 cm³/mol. The minimum absolute atomic E-state index is 0.117. The molecule has 1 heterocycles. The fourth-order valence-electron chi connectivity index (χ4n) is 1.06. The summed E-state index contributed by atoms with van der Waals surface area (Å²) in [5.74, 6) is 0.139. The molecule has 0 aliphatic carbocycles. The number of H-pyrrole nitrogens is 1. The van der Waals surface area contributed by atoms with Crippen molar-refractivity contribution in [1.29, 1.82) is 0 Å². The van der Waals surface area contributed by atoms with Crippen molar-refractivity contribution in [2.45, 2.75) is 19.4 Å². The Labute approximate surface area is 71.4 Å². The number of carbonyl (C=O) groups excluding carboxylic acids is 1. The number of hydrogen-bond donors (Lipinski definition) is 2. The average Bonchev–Trinajstić information content (AvgIpc) is 2.51. The van der Waals surface area contributed by atoms with Gasteiger partial charge in [-0.15, -0.1) is 0 Å². The van der Waals surface area contributed by atoms with Crippen molar-refractivity contribution < 1.29 is 4.79 Å². The van der Waals surface area contributed by atoms with Crippen LogP contribution in [0.15, 0.2) is 12.5 Å². The van der Waals surface area contributed by atoms with Crippen molar-refractivity contribution in [3.63, 3.8) is 0 Å². The molecule has 1 aromatic heterocycles. The van der Waals surface area contributed by atoms with Crippen molar-refractivity contribution in [2.75, 3.05) is 7.05 Å². The van der Waals surface area contributed by atoms with Gasteiger partial charge < -0.3 is 10.3 Å². The van der Waals surface area contributed by atoms with Crippen LogP contribution in [-0.4, -0.2) is 28.8 Å². The van der Waals surface area contributed by atoms with E-state index < -0.39 is 0 Å². The van der Waals surface area contributed by atoms with Gasteiger partial charge in [-0.2, -0.15) is 0 Å². The van der Waals surface area contributed by atoms with E-state index in [1.54, 1.807) is 26.5 Å². The first kappa shape index (κ1) is 8.93. The summed E-state index contributed by atoms with van der Waals surface area (Å²) in [7, 11) is 1.78. The molecular weight excluding hydrogens is 154 g/mol. The van der Waals surface area contributed by atoms with Crippen LogP contribution in [0, 0.1) is 0 Å². The summed E-state index contributed by atoms with van der Waals surface area (Å²) < 4.78 is 0. The minimum Gasteiger partial charge on any atom is -0.351 e. The van der Waals surface area contributed by atoms with E-state index in [4.69, 9.17) is 0 Å². The van der Waals surface area contributed by atoms with Gasteiger partial charge in [-0.25, -0.2) is 4.98 Å². The minimum atomic E-state index is -0.117. The first-order chi connectivity index (χ1) is 5.74. The number of aromatic amines is 1. The molecule has 0 aliphatic heterocycles. The number of likely N-dealkylation sites (N-methyl/N-ethyl adjacent to an activating group) is 1. The summed E-state index contributed by atoms with van der Waals surface area (Å²) in [6.45, 7) is 1.58. The van der Waals surface area contributed by atoms with Crippen LogP contribution in [0.5, 0.6) is 0 Å². The number of carbonyl (C=O) groups is 1. The highest BCUT2D eigenvalue weighted by molar-refractivity contribution is 5.81. The van der Waals surface area contributed by atoms with Gasteiger partial charge >= 0.3 is 0 Å². The van der Waals surface area contributed by atoms with E-state index in [0.29, 0.717) is 6.42 Å². The third-order valence-electron chi connectivity index (χ3n) is 1.81. The first-order valence-corrected chi connectivity index (χ1v) is 3.89. The zero-order valence-corrected chi connectivity index (χ0v) is 7.29. The third kappa shape index (κ3) is 2.17. The van der Waals surface area contributed by atoms with Crippen LogP contribution in [0.4, 0.5) is 0 Å². The zero-order chi connectivity index (χ0) is 8.97. The average molecular weight is 167 g/mol. The molecule has 12 heavy (non-hydrogen) atoms. The molecule has 0 radical (unpaired) electrons. The first-order valence-electron chi connectivity index (χ1n) is 3.89. The van der Waals surface area contributed by atoms with Gasteiger partial charge in [0.2, 0.25) is 0 Å². The van der Waals surface area contributed by atoms with Gasteiger partial charge in [-0.05, 0) is 14.0 Å². The van der Waals surface area contributed by atoms with Gasteiger partial charge in [0.25, 0.3) is 0 Å². The van der Waals surface area contributed by atoms with E-state index in [1.165, 1.54) is 0 Å². The summed E-state index contributed by atoms with van der Waals surface area (Å²) in [4.78, 5) is 17.9. The second kappa shape index (κ2) is 4.01. The SMILES string of the molecule is CNC(Cc1c[nH]cn1)C(C)=O. The summed E-state index contributed by atoms with van der Waals surface area (Å²) in [5, 5.41) is 2.94. The highest BCUT2D eigenvalue weighted by Crippen LogP contribution is 1.98. The summed E-state index contributed by atoms with van der Waals surface area (Å²) in [6.07, 6.45) is 4.06. The van der Waals surface area contributed by atoms with Crippen LogP contribution in [0.25, 0.3) is 0 Å². The number of rotatable bonds is 4. The predicted octanol–water partition coefficient (Wildman–Crippen LogP) is 0.129. The summed E-state index contributed by atoms with van der Waals surface area (Å²) in [5.41, 5.74) is 0.907. The Morgan fingerprint density at radius 3 is 3.00 bits per heavy atom. The zero-order valence-electron chi connectivity index (χ0n) is 7.29. The molecule has 1 rings (SSSR count). The van der Waals surface area contributed by atoms with Gasteiger partial charge in [0.05, 0.1) is 18.1 Å². The Balaban J connectivity index is 2.54. The normalized spacial score (nSPS) is 12.8. The maximum Gasteiger partial charge on any atom is 0.147 e. The molecule has 2 N–H and O–H groups in total. The van der Waals surface area contributed by atoms with Crippen LogP contribution in [0.3, 0.4) is 0 Å². The molecule has 0 spiro atoms. The third-order valence-corrected chi connectivity index (χ3v) is 1.81. The van der Waals surface area contributed by atoms with Crippen LogP contribution in [0.2, 0.25) is 0 Å². The molecule has 0 bridgehead atoms. The molecule has 1 atom stereocenters. The van der Waals surface area contributed by atoms with E-state index in [-0.39, 0.29) is 11.8 Å². The molecule has 0 amide bonds. The van der Waals surface area contributed by atoms with E-state index >= 15 is 0 Å². The van der Waals surface area contributed by atoms with Crippen LogP contribution < -0.4 is 5.32 Å². The highest BCUT2D eigenvalue weighted by atomic mass is 16.1. The molecular formula is C8H13N3O. The largest absolute Gasteiger partial charge is 0.351 e. The molecule has 0 saturated heterocycles. The molecule has 0 fully saturated rings. The lowest BCUT2D eigenvalue weighted by atomic mass is 10.1. The Morgan fingerprint density at radius 1 is 1.83 bits per heavy atom. The van der Waals surface area contributed by atoms with Crippen LogP contribution in [0.1, 0.15) is 12.6 Å². The smallest absolute Gasteiger partial charge is 0.147 e. The number of ketones is 1. The molecule has 1 aromatic rings. The van der Waals surface area contributed by atoms with Crippen molar-refractivity contribution in [2.24, 2.45) is 0 Å². The molecule has 0 saturated carbocycles. The Morgan fingerprint density at radius 2 is 2.58 bits per heavy atom. The van der Waals surface area contributed by atoms with E-state index in [2.05, 4.69) is 15.3 Å². The lowest BCUT2D eigenvalue weighted by Crippen LogP contribution is -2.34. The van der Waals surface area contributed by atoms with Gasteiger partial charge in [0.1, 0.15) is 5.78 Å². The lowest BCUT2D eigenvalue weighted by molar-refractivity contribution is -0.118. The van der Waals surface area contributed by atoms with E-state index in [9.17, 15) is 4.79 Å². The number of hydrogen-bond acceptors (Lipinski definition) is 3. The molecule has 66 valence electrons. The van der Waals surface area contributed by atoms with Gasteiger partial charge in [-0.3, -0.25) is 4.79 Å². The number of aromatic nitrogens is 2. The van der Waals surface area contributed by atoms with Crippen LogP contribution in [-0.2, 0) is 11.2 Å². The number of Topliss-reactive ketones (excluding diaryl/α,β-unsaturated/α-hetero) is 1. The summed E-state index contributed by atoms with van der Waals surface area (Å²) in [6, 6.07) is -0.117. The summed E-state index contributed by atoms with van der Waals surface area (Å²) >= 11 is 0. The van der Waals surface area contributed by atoms with Crippen LogP contribution >= 0.6 is 0 Å². The van der Waals surface area contributed by atoms with E-state index in [1.807, 2.05) is 0 Å². The molecule has 0 aromatic carbocycles. The molecule has 0 aliphatic rings. The topological polar surface area (TPSA) is 57.8 Å². The maximum absolute atomic E-state index is 11.0. The van der Waals surface area contributed by atoms with Crippen molar-refractivity contribution in [3.8, 4) is 0 Å². The number of nitrogens with zero attached hydrogens (tertiary/aromatic N) is 1. The van der Waals surface area contributed by atoms with Crippen molar-refractivity contribution in [1.82, 2.24) is 15.3 Å². The Bertz CT molecular complexity index is 243. The second-order valence-corrected chi connectivity index (χ2v) is 2.72. The maximum atomic E-state index is 11.0. The Hall–Kier alpha value is -1.16. The fraction of sp³-hybridized carbons (Fsp3) is 0.500. The Kier molecular flexibility index (Phi) is 2.99. The number of nitrogens with one attached hydrogen (secondary N) is 2. The van der Waals surface area contributed by atoms with Gasteiger partial charge in [0.15, 0.2) is 0 Å². The molecule has 4 heteroatoms. The second-order valence-electron chi connectivity index (χ2n) is 2.72. The lowest BCUT2D eigenvalue weighted by Gasteiger charge is -2.09. The highest BCUT2D eigenvalue weighted by Gasteiger charge is 2.12. The van der Waals surface area contributed by atoms with Gasteiger partial charge in [-0.1, -0.05) is 0 Å². The fourth-order valence-corrected chi connectivity index (χ4v) is 1.06. The van der Waals surface area contributed by atoms with Gasteiger partial charge in [0, 0.05) is 12.6 Å².